The molecule has 0 rings (SSSR count). The van der Waals surface area contributed by atoms with Crippen LogP contribution in [0.15, 0.2) is 97.2 Å². The van der Waals surface area contributed by atoms with Crippen molar-refractivity contribution >= 4 is 25.7 Å². The number of carbonyl (C=O) groups is 3. The maximum atomic E-state index is 12.9. The fourth-order valence-corrected chi connectivity index (χ4v) is 7.98. The van der Waals surface area contributed by atoms with Gasteiger partial charge in [-0.2, -0.15) is 0 Å². The van der Waals surface area contributed by atoms with Crippen LogP contribution in [-0.4, -0.2) is 66.5 Å². The van der Waals surface area contributed by atoms with Gasteiger partial charge >= 0.3 is 25.7 Å². The van der Waals surface area contributed by atoms with Crippen LogP contribution in [-0.2, 0) is 42.2 Å². The minimum absolute atomic E-state index is 0.0391. The number of rotatable bonds is 51. The van der Waals surface area contributed by atoms with Gasteiger partial charge in [-0.1, -0.05) is 195 Å². The molecule has 0 aliphatic heterocycles. The van der Waals surface area contributed by atoms with E-state index in [4.69, 9.17) is 23.3 Å². The summed E-state index contributed by atoms with van der Waals surface area (Å²) in [4.78, 5) is 48.4. The molecule has 0 aliphatic carbocycles. The van der Waals surface area contributed by atoms with Crippen LogP contribution in [0.25, 0.3) is 0 Å². The summed E-state index contributed by atoms with van der Waals surface area (Å²) in [5.41, 5.74) is 0. The molecule has 2 N–H and O–H groups in total. The number of phosphoric ester groups is 1. The molecule has 0 amide bonds. The molecule has 11 nitrogen and oxygen atoms in total. The second kappa shape index (κ2) is 53.7. The van der Waals surface area contributed by atoms with Gasteiger partial charge in [-0.3, -0.25) is 23.4 Å². The minimum Gasteiger partial charge on any atom is -0.462 e. The quantitative estimate of drug-likeness (QED) is 0.0197. The topological polar surface area (TPSA) is 155 Å². The number of hydrogen-bond acceptors (Lipinski definition) is 10. The number of aliphatic hydroxyl groups excluding tert-OH is 1. The Hall–Kier alpha value is -3.60. The first kappa shape index (κ1) is 68.4. The summed E-state index contributed by atoms with van der Waals surface area (Å²) in [7, 11) is -4.77. The number of hydrogen-bond donors (Lipinski definition) is 2. The SMILES string of the molecule is CC/C=C\C/C=C\C/C=C\C/C=C\CCC(=O)OC(COC(=O)CCCCCCCC/C=C\C/C=C\C/C=C\CCCCC)COP(=O)(O)OCC(CO)OC(=O)CCCCCCC/C=C\CCCCCC. The maximum Gasteiger partial charge on any atom is 0.472 e. The van der Waals surface area contributed by atoms with E-state index in [0.717, 1.165) is 116 Å². The smallest absolute Gasteiger partial charge is 0.462 e. The Bertz CT molecular complexity index is 1580. The van der Waals surface area contributed by atoms with E-state index in [0.29, 0.717) is 19.3 Å². The fourth-order valence-electron chi connectivity index (χ4n) is 7.19. The van der Waals surface area contributed by atoms with Crippen LogP contribution in [0.2, 0.25) is 0 Å². The highest BCUT2D eigenvalue weighted by Gasteiger charge is 2.28. The first-order valence-corrected chi connectivity index (χ1v) is 29.6. The molecule has 412 valence electrons. The zero-order valence-corrected chi connectivity index (χ0v) is 46.3. The van der Waals surface area contributed by atoms with Crippen LogP contribution in [0.1, 0.15) is 226 Å². The first-order chi connectivity index (χ1) is 35.2. The van der Waals surface area contributed by atoms with Crippen molar-refractivity contribution in [2.45, 2.75) is 238 Å². The Morgan fingerprint density at radius 1 is 0.403 bits per heavy atom. The first-order valence-electron chi connectivity index (χ1n) is 28.1. The third-order valence-corrected chi connectivity index (χ3v) is 12.4. The lowest BCUT2D eigenvalue weighted by Gasteiger charge is -2.21. The molecule has 3 unspecified atom stereocenters. The monoisotopic (exact) mass is 1030 g/mol. The molecule has 72 heavy (non-hydrogen) atoms. The number of carbonyl (C=O) groups excluding carboxylic acids is 3. The average Bonchev–Trinajstić information content (AvgIpc) is 3.37. The molecule has 0 saturated carbocycles. The van der Waals surface area contributed by atoms with E-state index in [9.17, 15) is 28.9 Å². The zero-order chi connectivity index (χ0) is 52.7. The van der Waals surface area contributed by atoms with E-state index in [1.165, 1.54) is 51.4 Å². The highest BCUT2D eigenvalue weighted by Crippen LogP contribution is 2.43. The van der Waals surface area contributed by atoms with Gasteiger partial charge in [0.15, 0.2) is 6.10 Å². The van der Waals surface area contributed by atoms with Crippen molar-refractivity contribution in [1.82, 2.24) is 0 Å². The van der Waals surface area contributed by atoms with E-state index < -0.39 is 57.8 Å². The van der Waals surface area contributed by atoms with Crippen LogP contribution < -0.4 is 0 Å². The maximum absolute atomic E-state index is 12.9. The predicted molar refractivity (Wildman–Crippen MR) is 297 cm³/mol. The summed E-state index contributed by atoms with van der Waals surface area (Å²) < 4.78 is 39.3. The lowest BCUT2D eigenvalue weighted by molar-refractivity contribution is -0.161. The molecule has 0 saturated heterocycles. The number of ether oxygens (including phenoxy) is 3. The van der Waals surface area contributed by atoms with E-state index in [-0.39, 0.29) is 25.9 Å². The largest absolute Gasteiger partial charge is 0.472 e. The fraction of sp³-hybridized carbons (Fsp3) is 0.683. The summed E-state index contributed by atoms with van der Waals surface area (Å²) in [6.07, 6.45) is 62.4. The molecule has 0 aromatic rings. The second-order valence-corrected chi connectivity index (χ2v) is 19.8. The van der Waals surface area contributed by atoms with Crippen LogP contribution in [0.3, 0.4) is 0 Å². The molecular weight excluding hydrogens is 928 g/mol. The van der Waals surface area contributed by atoms with Crippen LogP contribution in [0.5, 0.6) is 0 Å². The molecule has 3 atom stereocenters. The second-order valence-electron chi connectivity index (χ2n) is 18.4. The van der Waals surface area contributed by atoms with Gasteiger partial charge in [-0.25, -0.2) is 4.57 Å². The number of unbranched alkanes of at least 4 members (excludes halogenated alkanes) is 18. The lowest BCUT2D eigenvalue weighted by Crippen LogP contribution is -2.30. The lowest BCUT2D eigenvalue weighted by atomic mass is 10.1. The molecule has 0 bridgehead atoms. The van der Waals surface area contributed by atoms with Crippen molar-refractivity contribution in [2.24, 2.45) is 0 Å². The molecular formula is C60H101O11P. The van der Waals surface area contributed by atoms with Crippen molar-refractivity contribution in [3.63, 3.8) is 0 Å². The Kier molecular flexibility index (Phi) is 51.0. The summed E-state index contributed by atoms with van der Waals surface area (Å²) >= 11 is 0. The van der Waals surface area contributed by atoms with E-state index in [1.807, 2.05) is 12.2 Å². The van der Waals surface area contributed by atoms with Crippen molar-refractivity contribution in [1.29, 1.82) is 0 Å². The third-order valence-electron chi connectivity index (χ3n) is 11.5. The Morgan fingerprint density at radius 3 is 1.24 bits per heavy atom. The Balaban J connectivity index is 4.81. The van der Waals surface area contributed by atoms with Crippen molar-refractivity contribution < 1.29 is 52.2 Å². The highest BCUT2D eigenvalue weighted by molar-refractivity contribution is 7.47. The molecule has 0 aromatic carbocycles. The number of phosphoric acid groups is 1. The van der Waals surface area contributed by atoms with Crippen LogP contribution in [0.4, 0.5) is 0 Å². The highest BCUT2D eigenvalue weighted by atomic mass is 31.2. The number of aliphatic hydroxyl groups is 1. The van der Waals surface area contributed by atoms with Gasteiger partial charge in [0.2, 0.25) is 0 Å². The summed E-state index contributed by atoms with van der Waals surface area (Å²) in [6.45, 7) is 4.37. The summed E-state index contributed by atoms with van der Waals surface area (Å²) in [5, 5.41) is 9.79. The number of allylic oxidation sites excluding steroid dienone is 16. The number of esters is 3. The summed E-state index contributed by atoms with van der Waals surface area (Å²) in [5.74, 6) is -1.59. The van der Waals surface area contributed by atoms with Gasteiger partial charge in [0, 0.05) is 19.3 Å². The molecule has 12 heteroatoms. The van der Waals surface area contributed by atoms with Gasteiger partial charge < -0.3 is 24.2 Å². The normalized spacial score (nSPS) is 14.1. The van der Waals surface area contributed by atoms with Gasteiger partial charge in [-0.05, 0) is 109 Å². The van der Waals surface area contributed by atoms with Gasteiger partial charge in [0.1, 0.15) is 12.7 Å². The van der Waals surface area contributed by atoms with E-state index in [1.54, 1.807) is 0 Å². The van der Waals surface area contributed by atoms with Gasteiger partial charge in [0.25, 0.3) is 0 Å². The molecule has 0 radical (unpaired) electrons. The minimum atomic E-state index is -4.77. The molecule has 0 spiro atoms. The standard InChI is InChI=1S/C60H101O11P/c1-4-7-10-13-16-19-22-25-26-27-28-29-30-33-34-37-40-43-46-49-58(62)67-53-57(71-60(64)51-48-45-42-39-36-32-24-21-18-15-12-9-6-3)55-69-72(65,66)68-54-56(52-61)70-59(63)50-47-44-41-38-35-31-23-20-17-14-11-8-5-2/h9,12,16,18-21,23,25-26,28-29,32,36,42,45,56-57,61H,4-8,10-11,13-15,17,22,24,27,30-31,33-35,37-41,43-44,46-55H2,1-3H3,(H,65,66)/b12-9-,19-16-,21-18-,23-20-,26-25-,29-28-,36-32-,45-42-. The predicted octanol–water partition coefficient (Wildman–Crippen LogP) is 16.5. The molecule has 0 aliphatic rings. The van der Waals surface area contributed by atoms with E-state index >= 15 is 0 Å². The van der Waals surface area contributed by atoms with Crippen LogP contribution in [0, 0.1) is 0 Å². The van der Waals surface area contributed by atoms with E-state index in [2.05, 4.69) is 106 Å². The van der Waals surface area contributed by atoms with Crippen molar-refractivity contribution in [3.8, 4) is 0 Å². The zero-order valence-electron chi connectivity index (χ0n) is 45.4. The van der Waals surface area contributed by atoms with Crippen molar-refractivity contribution in [2.75, 3.05) is 26.4 Å². The van der Waals surface area contributed by atoms with Gasteiger partial charge in [-0.15, -0.1) is 0 Å². The molecule has 0 aromatic heterocycles. The third kappa shape index (κ3) is 51.3. The van der Waals surface area contributed by atoms with Crippen molar-refractivity contribution in [3.05, 3.63) is 97.2 Å². The summed E-state index contributed by atoms with van der Waals surface area (Å²) in [6, 6.07) is 0. The average molecular weight is 1030 g/mol. The Labute approximate surface area is 438 Å². The van der Waals surface area contributed by atoms with Crippen LogP contribution >= 0.6 is 7.82 Å². The molecule has 0 fully saturated rings. The van der Waals surface area contributed by atoms with Gasteiger partial charge in [0.05, 0.1) is 19.8 Å². The molecule has 0 heterocycles. The Morgan fingerprint density at radius 2 is 0.750 bits per heavy atom.